The van der Waals surface area contributed by atoms with E-state index in [9.17, 15) is 8.78 Å². The lowest BCUT2D eigenvalue weighted by Crippen LogP contribution is -2.33. The van der Waals surface area contributed by atoms with Crippen molar-refractivity contribution in [2.45, 2.75) is 25.8 Å². The zero-order valence-electron chi connectivity index (χ0n) is 11.9. The number of nitrogens with one attached hydrogen (secondary N) is 1. The van der Waals surface area contributed by atoms with Gasteiger partial charge in [-0.05, 0) is 71.3 Å². The lowest BCUT2D eigenvalue weighted by Gasteiger charge is -2.18. The van der Waals surface area contributed by atoms with Gasteiger partial charge in [-0.1, -0.05) is 25.1 Å². The Kier molecular flexibility index (Phi) is 6.11. The molecular formula is C17H18F2IN. The molecule has 0 fully saturated rings. The highest BCUT2D eigenvalue weighted by Crippen LogP contribution is 2.15. The van der Waals surface area contributed by atoms with Crippen molar-refractivity contribution in [3.63, 3.8) is 0 Å². The largest absolute Gasteiger partial charge is 0.314 e. The van der Waals surface area contributed by atoms with E-state index in [0.29, 0.717) is 12.0 Å². The molecular weight excluding hydrogens is 383 g/mol. The third kappa shape index (κ3) is 5.04. The molecule has 0 aliphatic carbocycles. The van der Waals surface area contributed by atoms with Crippen molar-refractivity contribution in [2.24, 2.45) is 0 Å². The molecule has 1 nitrogen and oxygen atoms in total. The SMILES string of the molecule is CCNC(Cc1ccc(I)cc1)Cc1ccc(F)cc1F. The van der Waals surface area contributed by atoms with Crippen LogP contribution in [-0.2, 0) is 12.8 Å². The van der Waals surface area contributed by atoms with Crippen molar-refractivity contribution >= 4 is 22.6 Å². The number of rotatable bonds is 6. The van der Waals surface area contributed by atoms with E-state index in [-0.39, 0.29) is 6.04 Å². The van der Waals surface area contributed by atoms with Crippen LogP contribution in [0.3, 0.4) is 0 Å². The lowest BCUT2D eigenvalue weighted by atomic mass is 9.98. The molecule has 0 saturated heterocycles. The normalized spacial score (nSPS) is 12.4. The summed E-state index contributed by atoms with van der Waals surface area (Å²) in [5.74, 6) is -1.01. The molecule has 1 N–H and O–H groups in total. The molecule has 112 valence electrons. The van der Waals surface area contributed by atoms with Crippen LogP contribution in [0.15, 0.2) is 42.5 Å². The second-order valence-corrected chi connectivity index (χ2v) is 6.27. The van der Waals surface area contributed by atoms with Gasteiger partial charge in [-0.15, -0.1) is 0 Å². The highest BCUT2D eigenvalue weighted by atomic mass is 127. The summed E-state index contributed by atoms with van der Waals surface area (Å²) in [5, 5.41) is 3.37. The third-order valence-corrected chi connectivity index (χ3v) is 4.09. The predicted molar refractivity (Wildman–Crippen MR) is 90.4 cm³/mol. The third-order valence-electron chi connectivity index (χ3n) is 3.37. The molecule has 0 aromatic heterocycles. The van der Waals surface area contributed by atoms with Crippen molar-refractivity contribution in [3.05, 3.63) is 68.8 Å². The molecule has 0 bridgehead atoms. The highest BCUT2D eigenvalue weighted by Gasteiger charge is 2.13. The quantitative estimate of drug-likeness (QED) is 0.711. The maximum absolute atomic E-state index is 13.8. The Morgan fingerprint density at radius 3 is 2.38 bits per heavy atom. The maximum atomic E-state index is 13.8. The van der Waals surface area contributed by atoms with Crippen LogP contribution in [0.5, 0.6) is 0 Å². The van der Waals surface area contributed by atoms with Gasteiger partial charge in [0.1, 0.15) is 11.6 Å². The van der Waals surface area contributed by atoms with E-state index in [2.05, 4.69) is 52.2 Å². The van der Waals surface area contributed by atoms with E-state index in [0.717, 1.165) is 19.0 Å². The van der Waals surface area contributed by atoms with Gasteiger partial charge in [-0.3, -0.25) is 0 Å². The number of benzene rings is 2. The average Bonchev–Trinajstić information content (AvgIpc) is 2.44. The van der Waals surface area contributed by atoms with Gasteiger partial charge in [0.15, 0.2) is 0 Å². The molecule has 0 aliphatic heterocycles. The summed E-state index contributed by atoms with van der Waals surface area (Å²) in [6, 6.07) is 12.2. The molecule has 0 radical (unpaired) electrons. The van der Waals surface area contributed by atoms with Crippen LogP contribution in [0, 0.1) is 15.2 Å². The molecule has 4 heteroatoms. The van der Waals surface area contributed by atoms with Crippen molar-refractivity contribution in [3.8, 4) is 0 Å². The standard InChI is InChI=1S/C17H18F2IN/c1-2-21-16(9-12-3-7-15(20)8-4-12)10-13-5-6-14(18)11-17(13)19/h3-8,11,16,21H,2,9-10H2,1H3. The molecule has 2 aromatic carbocycles. The summed E-state index contributed by atoms with van der Waals surface area (Å²) in [4.78, 5) is 0. The van der Waals surface area contributed by atoms with Crippen LogP contribution in [0.2, 0.25) is 0 Å². The van der Waals surface area contributed by atoms with Crippen molar-refractivity contribution in [1.29, 1.82) is 0 Å². The Morgan fingerprint density at radius 2 is 1.76 bits per heavy atom. The van der Waals surface area contributed by atoms with Crippen molar-refractivity contribution in [1.82, 2.24) is 5.32 Å². The lowest BCUT2D eigenvalue weighted by molar-refractivity contribution is 0.501. The molecule has 0 aliphatic rings. The zero-order valence-corrected chi connectivity index (χ0v) is 14.0. The van der Waals surface area contributed by atoms with Gasteiger partial charge in [0.05, 0.1) is 0 Å². The van der Waals surface area contributed by atoms with Crippen LogP contribution in [-0.4, -0.2) is 12.6 Å². The van der Waals surface area contributed by atoms with E-state index >= 15 is 0 Å². The second kappa shape index (κ2) is 7.84. The van der Waals surface area contributed by atoms with Gasteiger partial charge in [0, 0.05) is 15.7 Å². The number of hydrogen-bond acceptors (Lipinski definition) is 1. The first-order chi connectivity index (χ1) is 10.1. The molecule has 1 atom stereocenters. The summed E-state index contributed by atoms with van der Waals surface area (Å²) in [7, 11) is 0. The Hall–Kier alpha value is -1.01. The number of hydrogen-bond donors (Lipinski definition) is 1. The minimum atomic E-state index is -0.533. The summed E-state index contributed by atoms with van der Waals surface area (Å²) < 4.78 is 27.9. The highest BCUT2D eigenvalue weighted by molar-refractivity contribution is 14.1. The van der Waals surface area contributed by atoms with Crippen LogP contribution in [0.1, 0.15) is 18.1 Å². The van der Waals surface area contributed by atoms with Crippen LogP contribution < -0.4 is 5.32 Å². The first-order valence-electron chi connectivity index (χ1n) is 7.00. The fraction of sp³-hybridized carbons (Fsp3) is 0.294. The summed E-state index contributed by atoms with van der Waals surface area (Å²) in [6.07, 6.45) is 1.37. The van der Waals surface area contributed by atoms with Crippen LogP contribution >= 0.6 is 22.6 Å². The van der Waals surface area contributed by atoms with E-state index < -0.39 is 11.6 Å². The molecule has 2 aromatic rings. The monoisotopic (exact) mass is 401 g/mol. The van der Waals surface area contributed by atoms with Gasteiger partial charge < -0.3 is 5.32 Å². The molecule has 0 saturated carbocycles. The van der Waals surface area contributed by atoms with Gasteiger partial charge >= 0.3 is 0 Å². The van der Waals surface area contributed by atoms with Crippen molar-refractivity contribution in [2.75, 3.05) is 6.54 Å². The summed E-state index contributed by atoms with van der Waals surface area (Å²) in [5.41, 5.74) is 1.76. The van der Waals surface area contributed by atoms with Gasteiger partial charge in [0.25, 0.3) is 0 Å². The number of likely N-dealkylation sites (N-methyl/N-ethyl adjacent to an activating group) is 1. The predicted octanol–water partition coefficient (Wildman–Crippen LogP) is 4.33. The Balaban J connectivity index is 2.09. The summed E-state index contributed by atoms with van der Waals surface area (Å²) >= 11 is 2.27. The van der Waals surface area contributed by atoms with E-state index in [1.807, 2.05) is 6.92 Å². The molecule has 0 spiro atoms. The maximum Gasteiger partial charge on any atom is 0.129 e. The molecule has 0 amide bonds. The number of halogens is 3. The zero-order chi connectivity index (χ0) is 15.2. The van der Waals surface area contributed by atoms with E-state index in [4.69, 9.17) is 0 Å². The topological polar surface area (TPSA) is 12.0 Å². The van der Waals surface area contributed by atoms with Crippen LogP contribution in [0.4, 0.5) is 8.78 Å². The second-order valence-electron chi connectivity index (χ2n) is 5.03. The first-order valence-corrected chi connectivity index (χ1v) is 8.08. The molecule has 21 heavy (non-hydrogen) atoms. The van der Waals surface area contributed by atoms with E-state index in [1.54, 1.807) is 0 Å². The van der Waals surface area contributed by atoms with Crippen LogP contribution in [0.25, 0.3) is 0 Å². The fourth-order valence-electron chi connectivity index (χ4n) is 2.36. The Bertz CT molecular complexity index is 584. The molecule has 0 heterocycles. The Labute approximate surface area is 137 Å². The van der Waals surface area contributed by atoms with Crippen molar-refractivity contribution < 1.29 is 8.78 Å². The first kappa shape index (κ1) is 16.4. The van der Waals surface area contributed by atoms with E-state index in [1.165, 1.54) is 21.3 Å². The van der Waals surface area contributed by atoms with Gasteiger partial charge in [-0.2, -0.15) is 0 Å². The average molecular weight is 401 g/mol. The smallest absolute Gasteiger partial charge is 0.129 e. The minimum absolute atomic E-state index is 0.134. The molecule has 1 unspecified atom stereocenters. The minimum Gasteiger partial charge on any atom is -0.314 e. The fourth-order valence-corrected chi connectivity index (χ4v) is 2.72. The molecule has 2 rings (SSSR count). The van der Waals surface area contributed by atoms with Gasteiger partial charge in [-0.25, -0.2) is 8.78 Å². The van der Waals surface area contributed by atoms with Gasteiger partial charge in [0.2, 0.25) is 0 Å². The Morgan fingerprint density at radius 1 is 1.05 bits per heavy atom. The summed E-state index contributed by atoms with van der Waals surface area (Å²) in [6.45, 7) is 2.85.